The molecule has 2 aromatic rings. The molecule has 0 saturated carbocycles. The summed E-state index contributed by atoms with van der Waals surface area (Å²) in [6.07, 6.45) is -0.337. The fourth-order valence-electron chi connectivity index (χ4n) is 2.37. The van der Waals surface area contributed by atoms with Crippen LogP contribution in [0.15, 0.2) is 42.5 Å². The number of rotatable bonds is 7. The predicted octanol–water partition coefficient (Wildman–Crippen LogP) is 2.79. The molecule has 0 aliphatic carbocycles. The van der Waals surface area contributed by atoms with E-state index in [2.05, 4.69) is 5.32 Å². The third-order valence-corrected chi connectivity index (χ3v) is 3.58. The minimum atomic E-state index is -1.08. The number of carboxylic acid groups (broad SMARTS) is 1. The zero-order valence-electron chi connectivity index (χ0n) is 13.8. The molecule has 7 heteroatoms. The average Bonchev–Trinajstić information content (AvgIpc) is 2.60. The SMILES string of the molecule is COc1ccc(C(CC(=O)O)NC(=O)c2cccc(F)c2)cc1OC. The van der Waals surface area contributed by atoms with Gasteiger partial charge in [0.05, 0.1) is 26.7 Å². The molecule has 25 heavy (non-hydrogen) atoms. The number of carbonyl (C=O) groups is 2. The van der Waals surface area contributed by atoms with Crippen molar-refractivity contribution < 1.29 is 28.6 Å². The standard InChI is InChI=1S/C18H18FNO5/c1-24-15-7-6-11(9-16(15)25-2)14(10-17(21)22)20-18(23)12-4-3-5-13(19)8-12/h3-9,14H,10H2,1-2H3,(H,20,23)(H,21,22). The summed E-state index contributed by atoms with van der Waals surface area (Å²) in [4.78, 5) is 23.5. The first-order valence-electron chi connectivity index (χ1n) is 7.44. The Labute approximate surface area is 144 Å². The zero-order valence-corrected chi connectivity index (χ0v) is 13.8. The summed E-state index contributed by atoms with van der Waals surface area (Å²) in [7, 11) is 2.94. The minimum Gasteiger partial charge on any atom is -0.493 e. The maximum Gasteiger partial charge on any atom is 0.305 e. The van der Waals surface area contributed by atoms with Crippen molar-refractivity contribution in [1.29, 1.82) is 0 Å². The van der Waals surface area contributed by atoms with Gasteiger partial charge in [0.25, 0.3) is 5.91 Å². The fourth-order valence-corrected chi connectivity index (χ4v) is 2.37. The Morgan fingerprint density at radius 3 is 2.44 bits per heavy atom. The third kappa shape index (κ3) is 4.69. The van der Waals surface area contributed by atoms with Gasteiger partial charge in [0.15, 0.2) is 11.5 Å². The number of aliphatic carboxylic acids is 1. The number of benzene rings is 2. The molecule has 132 valence electrons. The van der Waals surface area contributed by atoms with E-state index < -0.39 is 23.7 Å². The van der Waals surface area contributed by atoms with E-state index in [1.807, 2.05) is 0 Å². The fraction of sp³-hybridized carbons (Fsp3) is 0.222. The second kappa shape index (κ2) is 8.14. The van der Waals surface area contributed by atoms with Gasteiger partial charge in [-0.1, -0.05) is 12.1 Å². The molecule has 0 bridgehead atoms. The Balaban J connectivity index is 2.30. The van der Waals surface area contributed by atoms with Crippen molar-refractivity contribution in [3.8, 4) is 11.5 Å². The third-order valence-electron chi connectivity index (χ3n) is 3.58. The highest BCUT2D eigenvalue weighted by molar-refractivity contribution is 5.94. The lowest BCUT2D eigenvalue weighted by atomic mass is 10.0. The van der Waals surface area contributed by atoms with E-state index in [1.165, 1.54) is 32.4 Å². The maximum absolute atomic E-state index is 13.3. The number of carbonyl (C=O) groups excluding carboxylic acids is 1. The highest BCUT2D eigenvalue weighted by atomic mass is 19.1. The molecule has 0 aliphatic heterocycles. The van der Waals surface area contributed by atoms with Crippen LogP contribution in [0.5, 0.6) is 11.5 Å². The summed E-state index contributed by atoms with van der Waals surface area (Å²) in [5.41, 5.74) is 0.640. The van der Waals surface area contributed by atoms with E-state index in [0.717, 1.165) is 6.07 Å². The second-order valence-corrected chi connectivity index (χ2v) is 5.25. The molecule has 0 saturated heterocycles. The summed E-state index contributed by atoms with van der Waals surface area (Å²) < 4.78 is 23.6. The molecule has 2 aromatic carbocycles. The van der Waals surface area contributed by atoms with Crippen LogP contribution in [0, 0.1) is 5.82 Å². The first kappa shape index (κ1) is 18.3. The van der Waals surface area contributed by atoms with Gasteiger partial charge < -0.3 is 19.9 Å². The molecule has 1 unspecified atom stereocenters. The first-order valence-corrected chi connectivity index (χ1v) is 7.44. The summed E-state index contributed by atoms with van der Waals surface area (Å²) in [6, 6.07) is 9.21. The van der Waals surface area contributed by atoms with Crippen LogP contribution in [0.1, 0.15) is 28.4 Å². The number of carboxylic acids is 1. The van der Waals surface area contributed by atoms with Crippen molar-refractivity contribution in [3.05, 3.63) is 59.4 Å². The van der Waals surface area contributed by atoms with E-state index in [-0.39, 0.29) is 12.0 Å². The molecule has 0 aromatic heterocycles. The molecule has 2 N–H and O–H groups in total. The lowest BCUT2D eigenvalue weighted by molar-refractivity contribution is -0.137. The number of ether oxygens (including phenoxy) is 2. The van der Waals surface area contributed by atoms with Crippen LogP contribution in [0.25, 0.3) is 0 Å². The normalized spacial score (nSPS) is 11.5. The van der Waals surface area contributed by atoms with Crippen molar-refractivity contribution in [3.63, 3.8) is 0 Å². The molecule has 6 nitrogen and oxygen atoms in total. The van der Waals surface area contributed by atoms with Gasteiger partial charge in [-0.15, -0.1) is 0 Å². The van der Waals surface area contributed by atoms with Gasteiger partial charge in [-0.25, -0.2) is 4.39 Å². The van der Waals surface area contributed by atoms with Gasteiger partial charge in [0, 0.05) is 5.56 Å². The molecule has 0 heterocycles. The van der Waals surface area contributed by atoms with Crippen molar-refractivity contribution in [1.82, 2.24) is 5.32 Å². The highest BCUT2D eigenvalue weighted by Gasteiger charge is 2.20. The Kier molecular flexibility index (Phi) is 5.94. The van der Waals surface area contributed by atoms with Gasteiger partial charge >= 0.3 is 5.97 Å². The molecule has 1 atom stereocenters. The molecule has 1 amide bonds. The van der Waals surface area contributed by atoms with Gasteiger partial charge in [-0.05, 0) is 35.9 Å². The highest BCUT2D eigenvalue weighted by Crippen LogP contribution is 2.31. The topological polar surface area (TPSA) is 84.9 Å². The maximum atomic E-state index is 13.3. The molecular formula is C18H18FNO5. The molecule has 2 rings (SSSR count). The Hall–Kier alpha value is -3.09. The van der Waals surface area contributed by atoms with Crippen LogP contribution < -0.4 is 14.8 Å². The van der Waals surface area contributed by atoms with E-state index in [9.17, 15) is 14.0 Å². The van der Waals surface area contributed by atoms with Gasteiger partial charge in [-0.2, -0.15) is 0 Å². The lowest BCUT2D eigenvalue weighted by Gasteiger charge is -2.19. The monoisotopic (exact) mass is 347 g/mol. The van der Waals surface area contributed by atoms with Gasteiger partial charge in [0.1, 0.15) is 5.82 Å². The molecular weight excluding hydrogens is 329 g/mol. The number of amides is 1. The molecule has 0 radical (unpaired) electrons. The summed E-state index contributed by atoms with van der Waals surface area (Å²) in [5.74, 6) is -1.31. The minimum absolute atomic E-state index is 0.107. The number of halogens is 1. The van der Waals surface area contributed by atoms with Crippen molar-refractivity contribution in [2.45, 2.75) is 12.5 Å². The van der Waals surface area contributed by atoms with Crippen LogP contribution in [-0.4, -0.2) is 31.2 Å². The van der Waals surface area contributed by atoms with Crippen molar-refractivity contribution >= 4 is 11.9 Å². The number of hydrogen-bond acceptors (Lipinski definition) is 4. The van der Waals surface area contributed by atoms with Crippen molar-refractivity contribution in [2.24, 2.45) is 0 Å². The van der Waals surface area contributed by atoms with E-state index in [4.69, 9.17) is 14.6 Å². The Bertz CT molecular complexity index is 778. The summed E-state index contributed by atoms with van der Waals surface area (Å²) >= 11 is 0. The first-order chi connectivity index (χ1) is 11.9. The van der Waals surface area contributed by atoms with Crippen LogP contribution in [0.4, 0.5) is 4.39 Å². The van der Waals surface area contributed by atoms with Crippen LogP contribution in [-0.2, 0) is 4.79 Å². The molecule has 0 aliphatic rings. The largest absolute Gasteiger partial charge is 0.493 e. The van der Waals surface area contributed by atoms with Gasteiger partial charge in [0.2, 0.25) is 0 Å². The van der Waals surface area contributed by atoms with Gasteiger partial charge in [-0.3, -0.25) is 9.59 Å². The summed E-state index contributed by atoms with van der Waals surface area (Å²) in [6.45, 7) is 0. The molecule has 0 spiro atoms. The van der Waals surface area contributed by atoms with E-state index in [0.29, 0.717) is 17.1 Å². The van der Waals surface area contributed by atoms with Crippen LogP contribution in [0.3, 0.4) is 0 Å². The summed E-state index contributed by atoms with van der Waals surface area (Å²) in [5, 5.41) is 11.7. The zero-order chi connectivity index (χ0) is 18.4. The number of methoxy groups -OCH3 is 2. The van der Waals surface area contributed by atoms with Crippen LogP contribution >= 0.6 is 0 Å². The van der Waals surface area contributed by atoms with Crippen molar-refractivity contribution in [2.75, 3.05) is 14.2 Å². The molecule has 0 fully saturated rings. The average molecular weight is 347 g/mol. The predicted molar refractivity (Wildman–Crippen MR) is 88.4 cm³/mol. The quantitative estimate of drug-likeness (QED) is 0.804. The Morgan fingerprint density at radius 2 is 1.84 bits per heavy atom. The smallest absolute Gasteiger partial charge is 0.305 e. The second-order valence-electron chi connectivity index (χ2n) is 5.25. The lowest BCUT2D eigenvalue weighted by Crippen LogP contribution is -2.30. The number of hydrogen-bond donors (Lipinski definition) is 2. The Morgan fingerprint density at radius 1 is 1.12 bits per heavy atom. The number of nitrogens with one attached hydrogen (secondary N) is 1. The van der Waals surface area contributed by atoms with E-state index >= 15 is 0 Å². The van der Waals surface area contributed by atoms with E-state index in [1.54, 1.807) is 18.2 Å². The van der Waals surface area contributed by atoms with Crippen LogP contribution in [0.2, 0.25) is 0 Å².